The van der Waals surface area contributed by atoms with Crippen molar-refractivity contribution in [3.8, 4) is 0 Å². The van der Waals surface area contributed by atoms with E-state index in [1.807, 2.05) is 6.92 Å². The first-order valence-electron chi connectivity index (χ1n) is 7.00. The van der Waals surface area contributed by atoms with Crippen LogP contribution < -0.4 is 15.8 Å². The van der Waals surface area contributed by atoms with Crippen LogP contribution in [0.2, 0.25) is 0 Å². The van der Waals surface area contributed by atoms with Crippen molar-refractivity contribution in [2.45, 2.75) is 24.8 Å². The minimum atomic E-state index is -3.73. The van der Waals surface area contributed by atoms with E-state index in [9.17, 15) is 18.0 Å². The van der Waals surface area contributed by atoms with Gasteiger partial charge < -0.3 is 15.5 Å². The number of hydrogen-bond donors (Lipinski definition) is 3. The van der Waals surface area contributed by atoms with Gasteiger partial charge in [-0.2, -0.15) is 0 Å². The van der Waals surface area contributed by atoms with Crippen LogP contribution in [0.3, 0.4) is 0 Å². The molecule has 1 aromatic rings. The van der Waals surface area contributed by atoms with E-state index in [1.165, 1.54) is 24.0 Å². The van der Waals surface area contributed by atoms with Crippen LogP contribution in [0.15, 0.2) is 29.2 Å². The number of sulfonamides is 1. The van der Waals surface area contributed by atoms with Crippen LogP contribution in [0.1, 0.15) is 25.5 Å². The molecule has 0 aliphatic heterocycles. The summed E-state index contributed by atoms with van der Waals surface area (Å²) in [6.45, 7) is 3.90. The lowest BCUT2D eigenvalue weighted by atomic mass is 10.1. The second kappa shape index (κ2) is 7.93. The summed E-state index contributed by atoms with van der Waals surface area (Å²) in [5.41, 5.74) is 0.775. The minimum absolute atomic E-state index is 0.0239. The molecule has 9 heteroatoms. The van der Waals surface area contributed by atoms with E-state index >= 15 is 0 Å². The summed E-state index contributed by atoms with van der Waals surface area (Å²) < 4.78 is 22.4. The molecule has 0 heterocycles. The Hall–Kier alpha value is -2.13. The zero-order chi connectivity index (χ0) is 17.6. The van der Waals surface area contributed by atoms with Gasteiger partial charge in [0.05, 0.1) is 10.9 Å². The molecule has 0 aliphatic carbocycles. The van der Waals surface area contributed by atoms with Crippen molar-refractivity contribution in [3.05, 3.63) is 29.8 Å². The Morgan fingerprint density at radius 2 is 1.70 bits per heavy atom. The van der Waals surface area contributed by atoms with Crippen LogP contribution in [0.4, 0.5) is 4.79 Å². The molecule has 3 amide bonds. The summed E-state index contributed by atoms with van der Waals surface area (Å²) in [7, 11) is -2.10. The lowest BCUT2D eigenvalue weighted by molar-refractivity contribution is -0.118. The normalized spacial score (nSPS) is 12.3. The van der Waals surface area contributed by atoms with E-state index in [4.69, 9.17) is 5.14 Å². The smallest absolute Gasteiger partial charge is 0.317 e. The third-order valence-corrected chi connectivity index (χ3v) is 4.30. The Morgan fingerprint density at radius 3 is 2.17 bits per heavy atom. The van der Waals surface area contributed by atoms with Gasteiger partial charge in [-0.3, -0.25) is 4.79 Å². The number of carbonyl (C=O) groups is 2. The van der Waals surface area contributed by atoms with Crippen molar-refractivity contribution in [1.29, 1.82) is 0 Å². The number of urea groups is 1. The van der Waals surface area contributed by atoms with E-state index in [1.54, 1.807) is 19.2 Å². The molecule has 0 aliphatic rings. The maximum atomic E-state index is 12.0. The molecular weight excluding hydrogens is 320 g/mol. The summed E-state index contributed by atoms with van der Waals surface area (Å²) in [6.07, 6.45) is 0. The van der Waals surface area contributed by atoms with Gasteiger partial charge in [0.2, 0.25) is 15.9 Å². The van der Waals surface area contributed by atoms with E-state index in [-0.39, 0.29) is 22.9 Å². The monoisotopic (exact) mass is 342 g/mol. The van der Waals surface area contributed by atoms with Crippen LogP contribution in [-0.4, -0.2) is 45.4 Å². The molecule has 0 radical (unpaired) electrons. The van der Waals surface area contributed by atoms with Gasteiger partial charge in [0, 0.05) is 27.1 Å². The molecule has 0 fully saturated rings. The fourth-order valence-corrected chi connectivity index (χ4v) is 2.38. The molecule has 0 saturated carbocycles. The fraction of sp³-hybridized carbons (Fsp3) is 0.429. The summed E-state index contributed by atoms with van der Waals surface area (Å²) in [5.74, 6) is -0.157. The van der Waals surface area contributed by atoms with Gasteiger partial charge in [-0.1, -0.05) is 12.1 Å². The molecule has 0 unspecified atom stereocenters. The molecule has 0 spiro atoms. The summed E-state index contributed by atoms with van der Waals surface area (Å²) in [6, 6.07) is 5.49. The molecule has 4 N–H and O–H groups in total. The van der Waals surface area contributed by atoms with Crippen molar-refractivity contribution in [2.75, 3.05) is 20.1 Å². The highest BCUT2D eigenvalue weighted by molar-refractivity contribution is 7.89. The highest BCUT2D eigenvalue weighted by atomic mass is 32.2. The molecule has 1 rings (SSSR count). The third-order valence-electron chi connectivity index (χ3n) is 3.37. The molecule has 23 heavy (non-hydrogen) atoms. The van der Waals surface area contributed by atoms with Crippen LogP contribution in [0, 0.1) is 0 Å². The van der Waals surface area contributed by atoms with Gasteiger partial charge in [0.25, 0.3) is 0 Å². The Balaban J connectivity index is 2.63. The van der Waals surface area contributed by atoms with Gasteiger partial charge >= 0.3 is 6.03 Å². The first kappa shape index (κ1) is 18.9. The summed E-state index contributed by atoms with van der Waals surface area (Å²) in [5, 5.41) is 10.3. The Kier molecular flexibility index (Phi) is 6.52. The topological polar surface area (TPSA) is 122 Å². The fourth-order valence-electron chi connectivity index (χ4n) is 1.87. The van der Waals surface area contributed by atoms with E-state index < -0.39 is 10.0 Å². The summed E-state index contributed by atoms with van der Waals surface area (Å²) in [4.78, 5) is 24.3. The largest absolute Gasteiger partial charge is 0.355 e. The Morgan fingerprint density at radius 1 is 1.17 bits per heavy atom. The molecule has 1 aromatic carbocycles. The van der Waals surface area contributed by atoms with Gasteiger partial charge in [-0.05, 0) is 24.6 Å². The van der Waals surface area contributed by atoms with Crippen molar-refractivity contribution < 1.29 is 18.0 Å². The predicted octanol–water partition coefficient (Wildman–Crippen LogP) is 0.173. The lowest BCUT2D eigenvalue weighted by Gasteiger charge is -2.25. The highest BCUT2D eigenvalue weighted by Gasteiger charge is 2.17. The number of benzene rings is 1. The average Bonchev–Trinajstić information content (AvgIpc) is 2.49. The van der Waals surface area contributed by atoms with E-state index in [0.29, 0.717) is 13.1 Å². The average molecular weight is 342 g/mol. The Bertz CT molecular complexity index is 658. The molecule has 128 valence electrons. The Labute approximate surface area is 136 Å². The maximum absolute atomic E-state index is 12.0. The number of rotatable bonds is 6. The lowest BCUT2D eigenvalue weighted by Crippen LogP contribution is -2.42. The number of amides is 3. The van der Waals surface area contributed by atoms with Crippen LogP contribution >= 0.6 is 0 Å². The number of hydrogen-bond acceptors (Lipinski definition) is 4. The predicted molar refractivity (Wildman–Crippen MR) is 86.1 cm³/mol. The van der Waals surface area contributed by atoms with E-state index in [0.717, 1.165) is 5.56 Å². The minimum Gasteiger partial charge on any atom is -0.355 e. The highest BCUT2D eigenvalue weighted by Crippen LogP contribution is 2.20. The molecular formula is C14H22N4O4S. The number of primary sulfonamides is 1. The van der Waals surface area contributed by atoms with Gasteiger partial charge in [-0.15, -0.1) is 0 Å². The molecule has 0 aromatic heterocycles. The maximum Gasteiger partial charge on any atom is 0.317 e. The third kappa shape index (κ3) is 5.87. The first-order chi connectivity index (χ1) is 10.6. The first-order valence-corrected chi connectivity index (χ1v) is 8.55. The second-order valence-corrected chi connectivity index (χ2v) is 6.68. The number of carbonyl (C=O) groups excluding carboxylic acids is 2. The molecule has 0 bridgehead atoms. The zero-order valence-electron chi connectivity index (χ0n) is 13.4. The van der Waals surface area contributed by atoms with Crippen molar-refractivity contribution in [1.82, 2.24) is 15.5 Å². The van der Waals surface area contributed by atoms with Crippen LogP contribution in [0.5, 0.6) is 0 Å². The summed E-state index contributed by atoms with van der Waals surface area (Å²) >= 11 is 0. The number of nitrogens with two attached hydrogens (primary N) is 1. The van der Waals surface area contributed by atoms with Gasteiger partial charge in [0.1, 0.15) is 0 Å². The van der Waals surface area contributed by atoms with Crippen molar-refractivity contribution >= 4 is 22.0 Å². The van der Waals surface area contributed by atoms with Crippen molar-refractivity contribution in [2.24, 2.45) is 5.14 Å². The standard InChI is InChI=1S/C14H22N4O4S/c1-10(12-4-6-13(7-5-12)23(15,21)22)18(3)14(20)17-9-8-16-11(2)19/h4-7,10H,8-9H2,1-3H3,(H,16,19)(H,17,20)(H2,15,21,22)/t10-/m0/s1. The van der Waals surface area contributed by atoms with Gasteiger partial charge in [-0.25, -0.2) is 18.4 Å². The number of nitrogens with one attached hydrogen (secondary N) is 2. The molecule has 1 atom stereocenters. The van der Waals surface area contributed by atoms with Gasteiger partial charge in [0.15, 0.2) is 0 Å². The zero-order valence-corrected chi connectivity index (χ0v) is 14.2. The van der Waals surface area contributed by atoms with Crippen LogP contribution in [-0.2, 0) is 14.8 Å². The molecule has 8 nitrogen and oxygen atoms in total. The van der Waals surface area contributed by atoms with Crippen molar-refractivity contribution in [3.63, 3.8) is 0 Å². The molecule has 0 saturated heterocycles. The van der Waals surface area contributed by atoms with E-state index in [2.05, 4.69) is 10.6 Å². The second-order valence-electron chi connectivity index (χ2n) is 5.12. The SMILES string of the molecule is CC(=O)NCCNC(=O)N(C)[C@@H](C)c1ccc(S(N)(=O)=O)cc1. The quantitative estimate of drug-likeness (QED) is 0.638. The number of nitrogens with zero attached hydrogens (tertiary/aromatic N) is 1. The van der Waals surface area contributed by atoms with Crippen LogP contribution in [0.25, 0.3) is 0 Å².